The van der Waals surface area contributed by atoms with Gasteiger partial charge in [0.25, 0.3) is 0 Å². The summed E-state index contributed by atoms with van der Waals surface area (Å²) in [5, 5.41) is 7.82. The summed E-state index contributed by atoms with van der Waals surface area (Å²) in [7, 11) is -4.17. The summed E-state index contributed by atoms with van der Waals surface area (Å²) in [5.41, 5.74) is 0. The van der Waals surface area contributed by atoms with E-state index in [2.05, 4.69) is 0 Å². The van der Waals surface area contributed by atoms with Crippen molar-refractivity contribution in [1.82, 2.24) is 0 Å². The van der Waals surface area contributed by atoms with Crippen LogP contribution in [0.3, 0.4) is 0 Å². The van der Waals surface area contributed by atoms with Gasteiger partial charge in [-0.15, -0.1) is 0 Å². The summed E-state index contributed by atoms with van der Waals surface area (Å²) in [5.74, 6) is -0.688. The first kappa shape index (κ1) is 12.4. The molecule has 0 bridgehead atoms. The van der Waals surface area contributed by atoms with Crippen LogP contribution in [0.25, 0.3) is 0 Å². The summed E-state index contributed by atoms with van der Waals surface area (Å²) in [6, 6.07) is 0. The predicted octanol–water partition coefficient (Wildman–Crippen LogP) is -4.47. The zero-order valence-corrected chi connectivity index (χ0v) is 10.2. The van der Waals surface area contributed by atoms with Crippen LogP contribution < -0.4 is 58.2 Å². The van der Waals surface area contributed by atoms with Crippen molar-refractivity contribution in [3.63, 3.8) is 0 Å². The number of rotatable bonds is 2. The average Bonchev–Trinajstić information content (AvgIpc) is 1.30. The largest absolute Gasteiger partial charge is 1.00 e. The summed E-state index contributed by atoms with van der Waals surface area (Å²) in [4.78, 5) is 0. The zero-order chi connectivity index (χ0) is 5.91. The van der Waals surface area contributed by atoms with Crippen LogP contribution in [0.15, 0.2) is 0 Å². The molecule has 0 fully saturated rings. The summed E-state index contributed by atoms with van der Waals surface area (Å²) < 4.78 is 28.5. The Bertz CT molecular complexity index is 127. The van der Waals surface area contributed by atoms with Gasteiger partial charge in [-0.3, -0.25) is 0 Å². The molecular weight excluding hydrogens is 206 g/mol. The Morgan fingerprint density at radius 1 is 1.50 bits per heavy atom. The Hall–Kier alpha value is 1.68. The molecule has 0 spiro atoms. The average molecular weight is 211 g/mol. The standard InChI is InChI=1S/C2H6O4S.Rb/c3-1-2-7(4,5)6;/h3H,1-2H2,(H,4,5,6);/q;+1/p-1. The first-order chi connectivity index (χ1) is 3.06. The van der Waals surface area contributed by atoms with Crippen molar-refractivity contribution in [3.8, 4) is 0 Å². The molecule has 0 aromatic heterocycles. The molecule has 0 amide bonds. The van der Waals surface area contributed by atoms with Crippen LogP contribution in [-0.2, 0) is 10.1 Å². The number of hydrogen-bond donors (Lipinski definition) is 1. The number of aliphatic hydroxyl groups is 1. The van der Waals surface area contributed by atoms with Gasteiger partial charge in [0.1, 0.15) is 0 Å². The van der Waals surface area contributed by atoms with E-state index < -0.39 is 22.5 Å². The van der Waals surface area contributed by atoms with Crippen molar-refractivity contribution in [2.75, 3.05) is 12.4 Å². The van der Waals surface area contributed by atoms with E-state index in [9.17, 15) is 13.0 Å². The normalized spacial score (nSPS) is 10.2. The monoisotopic (exact) mass is 210 g/mol. The quantitative estimate of drug-likeness (QED) is 0.467. The SMILES string of the molecule is O=S(=O)([O-])CCO.[Rb+]. The fourth-order valence-corrected chi connectivity index (χ4v) is 0.335. The molecule has 44 valence electrons. The first-order valence-electron chi connectivity index (χ1n) is 1.60. The third-order valence-electron chi connectivity index (χ3n) is 0.341. The van der Waals surface area contributed by atoms with E-state index in [1.54, 1.807) is 0 Å². The van der Waals surface area contributed by atoms with E-state index in [1.807, 2.05) is 0 Å². The Morgan fingerprint density at radius 3 is 1.88 bits per heavy atom. The van der Waals surface area contributed by atoms with Gasteiger partial charge < -0.3 is 9.66 Å². The summed E-state index contributed by atoms with van der Waals surface area (Å²) >= 11 is 0. The van der Waals surface area contributed by atoms with Gasteiger partial charge in [-0.25, -0.2) is 8.42 Å². The van der Waals surface area contributed by atoms with Crippen molar-refractivity contribution >= 4 is 10.1 Å². The Labute approximate surface area is 96.8 Å². The van der Waals surface area contributed by atoms with Crippen LogP contribution >= 0.6 is 0 Å². The van der Waals surface area contributed by atoms with Crippen molar-refractivity contribution in [3.05, 3.63) is 0 Å². The van der Waals surface area contributed by atoms with Crippen molar-refractivity contribution in [2.45, 2.75) is 0 Å². The fourth-order valence-electron chi connectivity index (χ4n) is 0.112. The van der Waals surface area contributed by atoms with Gasteiger partial charge in [0.15, 0.2) is 0 Å². The van der Waals surface area contributed by atoms with Gasteiger partial charge >= 0.3 is 58.2 Å². The van der Waals surface area contributed by atoms with Crippen molar-refractivity contribution in [1.29, 1.82) is 0 Å². The predicted molar refractivity (Wildman–Crippen MR) is 21.6 cm³/mol. The molecule has 4 nitrogen and oxygen atoms in total. The fraction of sp³-hybridized carbons (Fsp3) is 1.00. The third kappa shape index (κ3) is 10.6. The van der Waals surface area contributed by atoms with Gasteiger partial charge in [0, 0.05) is 0 Å². The summed E-state index contributed by atoms with van der Waals surface area (Å²) in [6.45, 7) is -0.591. The van der Waals surface area contributed by atoms with E-state index in [1.165, 1.54) is 0 Å². The van der Waals surface area contributed by atoms with Gasteiger partial charge in [-0.1, -0.05) is 0 Å². The Balaban J connectivity index is 0. The van der Waals surface area contributed by atoms with Crippen molar-refractivity contribution < 1.29 is 76.3 Å². The second-order valence-electron chi connectivity index (χ2n) is 0.985. The number of hydrogen-bond acceptors (Lipinski definition) is 4. The van der Waals surface area contributed by atoms with Crippen LogP contribution in [-0.4, -0.2) is 30.4 Å². The molecule has 0 radical (unpaired) electrons. The molecular formula is C2H5O4RbS. The second-order valence-corrected chi connectivity index (χ2v) is 2.51. The molecule has 0 atom stereocenters. The van der Waals surface area contributed by atoms with Crippen LogP contribution in [0.5, 0.6) is 0 Å². The molecule has 0 saturated heterocycles. The minimum Gasteiger partial charge on any atom is -0.748 e. The molecule has 0 aliphatic carbocycles. The maximum atomic E-state index is 9.52. The second kappa shape index (κ2) is 5.46. The Morgan fingerprint density at radius 2 is 1.88 bits per heavy atom. The molecule has 0 aliphatic heterocycles. The smallest absolute Gasteiger partial charge is 0.748 e. The Kier molecular flexibility index (Phi) is 8.44. The molecule has 6 heteroatoms. The van der Waals surface area contributed by atoms with E-state index in [0.717, 1.165) is 0 Å². The van der Waals surface area contributed by atoms with Crippen LogP contribution in [0, 0.1) is 0 Å². The molecule has 0 rings (SSSR count). The maximum absolute atomic E-state index is 9.52. The molecule has 0 heterocycles. The van der Waals surface area contributed by atoms with E-state index in [-0.39, 0.29) is 58.2 Å². The molecule has 0 saturated carbocycles. The first-order valence-corrected chi connectivity index (χ1v) is 3.18. The topological polar surface area (TPSA) is 77.4 Å². The number of aliphatic hydroxyl groups excluding tert-OH is 1. The minimum atomic E-state index is -4.17. The van der Waals surface area contributed by atoms with Crippen LogP contribution in [0.1, 0.15) is 0 Å². The summed E-state index contributed by atoms with van der Waals surface area (Å²) in [6.07, 6.45) is 0. The molecule has 1 N–H and O–H groups in total. The molecule has 0 aromatic carbocycles. The van der Waals surface area contributed by atoms with Crippen molar-refractivity contribution in [2.24, 2.45) is 0 Å². The zero-order valence-electron chi connectivity index (χ0n) is 4.49. The molecule has 0 aromatic rings. The third-order valence-corrected chi connectivity index (χ3v) is 1.02. The van der Waals surface area contributed by atoms with E-state index in [0.29, 0.717) is 0 Å². The molecule has 0 unspecified atom stereocenters. The van der Waals surface area contributed by atoms with Crippen LogP contribution in [0.4, 0.5) is 0 Å². The van der Waals surface area contributed by atoms with Crippen LogP contribution in [0.2, 0.25) is 0 Å². The van der Waals surface area contributed by atoms with E-state index >= 15 is 0 Å². The minimum absolute atomic E-state index is 0. The molecule has 8 heavy (non-hydrogen) atoms. The van der Waals surface area contributed by atoms with Gasteiger partial charge in [-0.2, -0.15) is 0 Å². The van der Waals surface area contributed by atoms with Gasteiger partial charge in [0.05, 0.1) is 22.5 Å². The molecule has 0 aliphatic rings. The van der Waals surface area contributed by atoms with Gasteiger partial charge in [-0.05, 0) is 0 Å². The van der Waals surface area contributed by atoms with E-state index in [4.69, 9.17) is 5.11 Å². The maximum Gasteiger partial charge on any atom is 1.00 e. The van der Waals surface area contributed by atoms with Gasteiger partial charge in [0.2, 0.25) is 0 Å².